The van der Waals surface area contributed by atoms with Crippen LogP contribution in [0, 0.1) is 0 Å². The van der Waals surface area contributed by atoms with Crippen molar-refractivity contribution in [3.63, 3.8) is 0 Å². The van der Waals surface area contributed by atoms with Crippen molar-refractivity contribution in [1.29, 1.82) is 0 Å². The first kappa shape index (κ1) is 23.8. The first-order chi connectivity index (χ1) is 15.4. The molecule has 2 aliphatic rings. The Bertz CT molecular complexity index is 792. The molecule has 2 saturated heterocycles. The van der Waals surface area contributed by atoms with Crippen LogP contribution in [0.4, 0.5) is 22.7 Å². The number of nitrogens with two attached hydrogens (primary N) is 2. The van der Waals surface area contributed by atoms with E-state index in [-0.39, 0.29) is 12.2 Å². The molecule has 2 aromatic carbocycles. The van der Waals surface area contributed by atoms with Crippen LogP contribution in [0.3, 0.4) is 0 Å². The van der Waals surface area contributed by atoms with Crippen LogP contribution in [0.15, 0.2) is 36.4 Å². The van der Waals surface area contributed by atoms with E-state index in [2.05, 4.69) is 9.80 Å². The standard InChI is InChI=1S/2C12H18N2O2/c2*1-16-12-8-9(2-3-11(12)13)14-6-4-10(15)5-7-14/h2*2-3,8,10,15H,4-7,13H2,1H3. The number of hydrogen-bond acceptors (Lipinski definition) is 8. The number of anilines is 4. The molecule has 0 spiro atoms. The van der Waals surface area contributed by atoms with Gasteiger partial charge in [0, 0.05) is 49.7 Å². The Kier molecular flexibility index (Phi) is 8.30. The van der Waals surface area contributed by atoms with Crippen LogP contribution in [0.2, 0.25) is 0 Å². The number of piperidine rings is 2. The first-order valence-corrected chi connectivity index (χ1v) is 11.1. The average molecular weight is 445 g/mol. The molecule has 0 unspecified atom stereocenters. The molecule has 0 saturated carbocycles. The molecule has 8 heteroatoms. The normalized spacial score (nSPS) is 17.5. The molecule has 32 heavy (non-hydrogen) atoms. The third kappa shape index (κ3) is 6.11. The minimum absolute atomic E-state index is 0.146. The molecule has 0 amide bonds. The average Bonchev–Trinajstić information content (AvgIpc) is 2.81. The Labute approximate surface area is 190 Å². The molecule has 0 aliphatic carbocycles. The van der Waals surface area contributed by atoms with E-state index in [0.717, 1.165) is 63.2 Å². The van der Waals surface area contributed by atoms with Crippen LogP contribution in [-0.4, -0.2) is 62.8 Å². The number of nitrogen functional groups attached to an aromatic ring is 2. The molecule has 4 rings (SSSR count). The SMILES string of the molecule is COc1cc(N2CCC(O)CC2)ccc1N.COc1cc(N2CCC(O)CC2)ccc1N. The number of aliphatic hydroxyl groups excluding tert-OH is 2. The number of nitrogens with zero attached hydrogens (tertiary/aromatic N) is 2. The zero-order chi connectivity index (χ0) is 23.1. The van der Waals surface area contributed by atoms with Gasteiger partial charge in [0.2, 0.25) is 0 Å². The summed E-state index contributed by atoms with van der Waals surface area (Å²) >= 11 is 0. The molecule has 0 atom stereocenters. The predicted octanol–water partition coefficient (Wildman–Crippen LogP) is 2.48. The van der Waals surface area contributed by atoms with Gasteiger partial charge >= 0.3 is 0 Å². The molecule has 176 valence electrons. The van der Waals surface area contributed by atoms with E-state index in [4.69, 9.17) is 20.9 Å². The Morgan fingerprint density at radius 3 is 1.34 bits per heavy atom. The van der Waals surface area contributed by atoms with Crippen molar-refractivity contribution in [3.8, 4) is 11.5 Å². The van der Waals surface area contributed by atoms with Gasteiger partial charge in [-0.15, -0.1) is 0 Å². The Morgan fingerprint density at radius 1 is 0.688 bits per heavy atom. The van der Waals surface area contributed by atoms with Crippen LogP contribution in [0.25, 0.3) is 0 Å². The predicted molar refractivity (Wildman–Crippen MR) is 130 cm³/mol. The van der Waals surface area contributed by atoms with E-state index in [1.165, 1.54) is 0 Å². The third-order valence-electron chi connectivity index (χ3n) is 6.09. The highest BCUT2D eigenvalue weighted by molar-refractivity contribution is 5.63. The zero-order valence-electron chi connectivity index (χ0n) is 19.0. The summed E-state index contributed by atoms with van der Waals surface area (Å²) in [5.74, 6) is 1.42. The monoisotopic (exact) mass is 444 g/mol. The van der Waals surface area contributed by atoms with Gasteiger partial charge in [-0.05, 0) is 49.9 Å². The van der Waals surface area contributed by atoms with E-state index in [9.17, 15) is 10.2 Å². The first-order valence-electron chi connectivity index (χ1n) is 11.1. The lowest BCUT2D eigenvalue weighted by molar-refractivity contribution is 0.145. The highest BCUT2D eigenvalue weighted by atomic mass is 16.5. The number of hydrogen-bond donors (Lipinski definition) is 4. The molecular weight excluding hydrogens is 408 g/mol. The maximum Gasteiger partial charge on any atom is 0.143 e. The second-order valence-corrected chi connectivity index (χ2v) is 8.29. The highest BCUT2D eigenvalue weighted by Crippen LogP contribution is 2.30. The molecule has 8 nitrogen and oxygen atoms in total. The van der Waals surface area contributed by atoms with Gasteiger partial charge in [0.15, 0.2) is 0 Å². The Morgan fingerprint density at radius 2 is 1.03 bits per heavy atom. The van der Waals surface area contributed by atoms with Crippen molar-refractivity contribution in [2.75, 3.05) is 61.7 Å². The van der Waals surface area contributed by atoms with Gasteiger partial charge < -0.3 is 41.0 Å². The molecule has 6 N–H and O–H groups in total. The van der Waals surface area contributed by atoms with Gasteiger partial charge in [0.25, 0.3) is 0 Å². The van der Waals surface area contributed by atoms with E-state index in [0.29, 0.717) is 22.9 Å². The van der Waals surface area contributed by atoms with E-state index in [1.54, 1.807) is 14.2 Å². The summed E-state index contributed by atoms with van der Waals surface area (Å²) in [5, 5.41) is 18.9. The summed E-state index contributed by atoms with van der Waals surface area (Å²) in [7, 11) is 3.24. The maximum atomic E-state index is 9.45. The number of ether oxygens (including phenoxy) is 2. The van der Waals surface area contributed by atoms with Crippen LogP contribution in [0.5, 0.6) is 11.5 Å². The summed E-state index contributed by atoms with van der Waals surface area (Å²) in [4.78, 5) is 4.49. The molecular formula is C24H36N4O4. The minimum atomic E-state index is -0.146. The van der Waals surface area contributed by atoms with Gasteiger partial charge in [0.05, 0.1) is 37.8 Å². The smallest absolute Gasteiger partial charge is 0.143 e. The second kappa shape index (κ2) is 11.2. The molecule has 2 heterocycles. The summed E-state index contributed by atoms with van der Waals surface area (Å²) in [6, 6.07) is 11.6. The fraction of sp³-hybridized carbons (Fsp3) is 0.500. The van der Waals surface area contributed by atoms with Gasteiger partial charge in [-0.3, -0.25) is 0 Å². The highest BCUT2D eigenvalue weighted by Gasteiger charge is 2.19. The van der Waals surface area contributed by atoms with E-state index in [1.807, 2.05) is 36.4 Å². The molecule has 2 aromatic rings. The van der Waals surface area contributed by atoms with Crippen LogP contribution in [0.1, 0.15) is 25.7 Å². The minimum Gasteiger partial charge on any atom is -0.495 e. The van der Waals surface area contributed by atoms with Crippen molar-refractivity contribution in [2.45, 2.75) is 37.9 Å². The van der Waals surface area contributed by atoms with E-state index >= 15 is 0 Å². The second-order valence-electron chi connectivity index (χ2n) is 8.29. The fourth-order valence-electron chi connectivity index (χ4n) is 4.04. The Balaban J connectivity index is 0.000000181. The third-order valence-corrected chi connectivity index (χ3v) is 6.09. The Hall–Kier alpha value is -2.84. The van der Waals surface area contributed by atoms with Crippen molar-refractivity contribution in [1.82, 2.24) is 0 Å². The summed E-state index contributed by atoms with van der Waals surface area (Å²) in [6.07, 6.45) is 3.01. The molecule has 0 radical (unpaired) electrons. The number of methoxy groups -OCH3 is 2. The topological polar surface area (TPSA) is 117 Å². The lowest BCUT2D eigenvalue weighted by Crippen LogP contribution is -2.35. The lowest BCUT2D eigenvalue weighted by Gasteiger charge is -2.31. The van der Waals surface area contributed by atoms with Crippen molar-refractivity contribution >= 4 is 22.7 Å². The summed E-state index contributed by atoms with van der Waals surface area (Å²) in [6.45, 7) is 3.53. The number of benzene rings is 2. The number of aliphatic hydroxyl groups is 2. The van der Waals surface area contributed by atoms with Crippen molar-refractivity contribution < 1.29 is 19.7 Å². The van der Waals surface area contributed by atoms with Gasteiger partial charge in [-0.25, -0.2) is 0 Å². The van der Waals surface area contributed by atoms with Gasteiger partial charge in [-0.2, -0.15) is 0 Å². The summed E-state index contributed by atoms with van der Waals surface area (Å²) < 4.78 is 10.4. The van der Waals surface area contributed by atoms with Crippen molar-refractivity contribution in [2.24, 2.45) is 0 Å². The summed E-state index contributed by atoms with van der Waals surface area (Å²) in [5.41, 5.74) is 15.1. The quantitative estimate of drug-likeness (QED) is 0.532. The van der Waals surface area contributed by atoms with Crippen LogP contribution < -0.4 is 30.7 Å². The van der Waals surface area contributed by atoms with Gasteiger partial charge in [-0.1, -0.05) is 0 Å². The zero-order valence-corrected chi connectivity index (χ0v) is 19.0. The molecule has 2 aliphatic heterocycles. The van der Waals surface area contributed by atoms with Crippen LogP contribution in [-0.2, 0) is 0 Å². The maximum absolute atomic E-state index is 9.45. The van der Waals surface area contributed by atoms with E-state index < -0.39 is 0 Å². The van der Waals surface area contributed by atoms with Crippen LogP contribution >= 0.6 is 0 Å². The van der Waals surface area contributed by atoms with Gasteiger partial charge in [0.1, 0.15) is 11.5 Å². The number of rotatable bonds is 4. The largest absolute Gasteiger partial charge is 0.495 e. The molecule has 0 aromatic heterocycles. The fourth-order valence-corrected chi connectivity index (χ4v) is 4.04. The molecule has 0 bridgehead atoms. The van der Waals surface area contributed by atoms with Crippen molar-refractivity contribution in [3.05, 3.63) is 36.4 Å². The molecule has 2 fully saturated rings. The lowest BCUT2D eigenvalue weighted by atomic mass is 10.1.